The Balaban J connectivity index is 2.26. The largest absolute Gasteiger partial charge is 0.329 e. The normalized spacial score (nSPS) is 18.5. The summed E-state index contributed by atoms with van der Waals surface area (Å²) in [5.41, 5.74) is 2.22. The molecule has 0 saturated carbocycles. The van der Waals surface area contributed by atoms with Crippen LogP contribution in [0.3, 0.4) is 0 Å². The number of piperidine rings is 1. The molecule has 0 spiro atoms. The Bertz CT molecular complexity index is 864. The van der Waals surface area contributed by atoms with Crippen molar-refractivity contribution in [1.82, 2.24) is 14.9 Å². The van der Waals surface area contributed by atoms with E-state index in [2.05, 4.69) is 30.7 Å². The molecule has 2 heterocycles. The van der Waals surface area contributed by atoms with Crippen LogP contribution in [0.25, 0.3) is 10.9 Å². The van der Waals surface area contributed by atoms with Gasteiger partial charge in [0.2, 0.25) is 5.91 Å². The summed E-state index contributed by atoms with van der Waals surface area (Å²) < 4.78 is 1.54. The second-order valence-corrected chi connectivity index (χ2v) is 6.38. The number of aryl methyl sites for hydroxylation is 1. The van der Waals surface area contributed by atoms with Crippen LogP contribution in [0, 0.1) is 6.92 Å². The number of nitrogens with zero attached hydrogens (tertiary/aromatic N) is 2. The molecule has 1 N–H and O–H groups in total. The Morgan fingerprint density at radius 3 is 2.74 bits per heavy atom. The number of carbonyl (C=O) groups excluding carboxylic acids is 1. The highest BCUT2D eigenvalue weighted by atomic mass is 16.2. The molecule has 0 aliphatic carbocycles. The Morgan fingerprint density at radius 2 is 2.09 bits per heavy atom. The van der Waals surface area contributed by atoms with Crippen molar-refractivity contribution >= 4 is 16.8 Å². The first kappa shape index (κ1) is 15.5. The molecular weight excluding hydrogens is 290 g/mol. The number of carbonyl (C=O) groups is 1. The van der Waals surface area contributed by atoms with Crippen LogP contribution in [0.2, 0.25) is 0 Å². The molecule has 0 radical (unpaired) electrons. The van der Waals surface area contributed by atoms with E-state index in [1.165, 1.54) is 4.57 Å². The molecule has 1 aromatic carbocycles. The van der Waals surface area contributed by atoms with Crippen molar-refractivity contribution in [2.45, 2.75) is 45.6 Å². The van der Waals surface area contributed by atoms with Gasteiger partial charge in [-0.2, -0.15) is 0 Å². The molecule has 1 saturated heterocycles. The number of benzene rings is 1. The van der Waals surface area contributed by atoms with Gasteiger partial charge in [-0.1, -0.05) is 32.6 Å². The Kier molecular flexibility index (Phi) is 3.80. The van der Waals surface area contributed by atoms with Gasteiger partial charge >= 0.3 is 0 Å². The minimum Gasteiger partial charge on any atom is -0.329 e. The van der Waals surface area contributed by atoms with Gasteiger partial charge in [0, 0.05) is 5.70 Å². The number of fused-ring (bicyclic) bond motifs is 1. The maximum absolute atomic E-state index is 13.1. The van der Waals surface area contributed by atoms with Gasteiger partial charge in [0.1, 0.15) is 11.9 Å². The number of allylic oxidation sites excluding steroid dienone is 1. The lowest BCUT2D eigenvalue weighted by atomic mass is 9.98. The molecule has 120 valence electrons. The van der Waals surface area contributed by atoms with E-state index in [0.717, 1.165) is 5.56 Å². The molecule has 23 heavy (non-hydrogen) atoms. The average Bonchev–Trinajstić information content (AvgIpc) is 2.48. The summed E-state index contributed by atoms with van der Waals surface area (Å²) in [5, 5.41) is 3.36. The zero-order chi connectivity index (χ0) is 16.7. The van der Waals surface area contributed by atoms with Gasteiger partial charge in [-0.05, 0) is 37.3 Å². The SMILES string of the molecule is C=C1CC[C@H](n2c(C)nc3cccc(C(C)C)c3c2=O)C(=O)N1. The molecule has 1 aliphatic rings. The number of nitrogens with one attached hydrogen (secondary N) is 1. The number of hydrogen-bond acceptors (Lipinski definition) is 3. The fourth-order valence-corrected chi connectivity index (χ4v) is 3.24. The third-order valence-electron chi connectivity index (χ3n) is 4.39. The molecule has 0 bridgehead atoms. The lowest BCUT2D eigenvalue weighted by Gasteiger charge is -2.26. The van der Waals surface area contributed by atoms with Crippen molar-refractivity contribution in [3.63, 3.8) is 0 Å². The van der Waals surface area contributed by atoms with E-state index in [0.29, 0.717) is 35.3 Å². The molecule has 5 heteroatoms. The summed E-state index contributed by atoms with van der Waals surface area (Å²) in [4.78, 5) is 30.0. The first-order chi connectivity index (χ1) is 10.9. The van der Waals surface area contributed by atoms with E-state index in [-0.39, 0.29) is 17.4 Å². The summed E-state index contributed by atoms with van der Waals surface area (Å²) >= 11 is 0. The van der Waals surface area contributed by atoms with Crippen molar-refractivity contribution in [2.24, 2.45) is 0 Å². The summed E-state index contributed by atoms with van der Waals surface area (Å²) in [6.45, 7) is 9.67. The highest BCUT2D eigenvalue weighted by Crippen LogP contribution is 2.25. The van der Waals surface area contributed by atoms with E-state index in [1.54, 1.807) is 6.92 Å². The monoisotopic (exact) mass is 311 g/mol. The van der Waals surface area contributed by atoms with Gasteiger partial charge in [-0.3, -0.25) is 14.2 Å². The Labute approximate surface area is 135 Å². The quantitative estimate of drug-likeness (QED) is 0.927. The first-order valence-electron chi connectivity index (χ1n) is 7.90. The smallest absolute Gasteiger partial charge is 0.262 e. The molecular formula is C18H21N3O2. The van der Waals surface area contributed by atoms with E-state index < -0.39 is 6.04 Å². The van der Waals surface area contributed by atoms with Crippen molar-refractivity contribution < 1.29 is 4.79 Å². The molecule has 0 unspecified atom stereocenters. The van der Waals surface area contributed by atoms with Crippen molar-refractivity contribution in [3.05, 3.63) is 52.2 Å². The molecule has 1 aliphatic heterocycles. The maximum atomic E-state index is 13.1. The van der Waals surface area contributed by atoms with Crippen LogP contribution in [0.1, 0.15) is 50.0 Å². The molecule has 3 rings (SSSR count). The fourth-order valence-electron chi connectivity index (χ4n) is 3.24. The molecule has 2 aromatic rings. The van der Waals surface area contributed by atoms with Crippen LogP contribution in [0.5, 0.6) is 0 Å². The van der Waals surface area contributed by atoms with Gasteiger partial charge in [0.05, 0.1) is 10.9 Å². The number of amides is 1. The number of rotatable bonds is 2. The summed E-state index contributed by atoms with van der Waals surface area (Å²) in [7, 11) is 0. The lowest BCUT2D eigenvalue weighted by Crippen LogP contribution is -2.41. The molecule has 5 nitrogen and oxygen atoms in total. The minimum absolute atomic E-state index is 0.135. The van der Waals surface area contributed by atoms with Crippen LogP contribution in [0.15, 0.2) is 35.3 Å². The third-order valence-corrected chi connectivity index (χ3v) is 4.39. The van der Waals surface area contributed by atoms with E-state index in [9.17, 15) is 9.59 Å². The van der Waals surface area contributed by atoms with Gasteiger partial charge in [-0.25, -0.2) is 4.98 Å². The number of hydrogen-bond donors (Lipinski definition) is 1. The van der Waals surface area contributed by atoms with Crippen LogP contribution >= 0.6 is 0 Å². The topological polar surface area (TPSA) is 64.0 Å². The van der Waals surface area contributed by atoms with Crippen LogP contribution in [-0.4, -0.2) is 15.5 Å². The van der Waals surface area contributed by atoms with Crippen LogP contribution in [0.4, 0.5) is 0 Å². The van der Waals surface area contributed by atoms with Gasteiger partial charge in [-0.15, -0.1) is 0 Å². The highest BCUT2D eigenvalue weighted by Gasteiger charge is 2.28. The second kappa shape index (κ2) is 5.65. The van der Waals surface area contributed by atoms with Gasteiger partial charge < -0.3 is 5.32 Å². The zero-order valence-electron chi connectivity index (χ0n) is 13.7. The van der Waals surface area contributed by atoms with Gasteiger partial charge in [0.25, 0.3) is 5.56 Å². The van der Waals surface area contributed by atoms with Crippen molar-refractivity contribution in [2.75, 3.05) is 0 Å². The third kappa shape index (κ3) is 2.56. The van der Waals surface area contributed by atoms with E-state index in [1.807, 2.05) is 18.2 Å². The number of aromatic nitrogens is 2. The molecule has 1 amide bonds. The predicted molar refractivity (Wildman–Crippen MR) is 90.4 cm³/mol. The molecule has 1 fully saturated rings. The predicted octanol–water partition coefficient (Wildman–Crippen LogP) is 2.79. The Hall–Kier alpha value is -2.43. The fraction of sp³-hybridized carbons (Fsp3) is 0.389. The van der Waals surface area contributed by atoms with Crippen LogP contribution < -0.4 is 10.9 Å². The van der Waals surface area contributed by atoms with Crippen LogP contribution in [-0.2, 0) is 4.79 Å². The Morgan fingerprint density at radius 1 is 1.35 bits per heavy atom. The molecule has 1 aromatic heterocycles. The standard InChI is InChI=1S/C18H21N3O2/c1-10(2)13-6-5-7-14-16(13)18(23)21(12(4)20-14)15-9-8-11(3)19-17(15)22/h5-7,10,15H,3,8-9H2,1-2,4H3,(H,19,22)/t15-/m0/s1. The van der Waals surface area contributed by atoms with Crippen molar-refractivity contribution in [3.8, 4) is 0 Å². The summed E-state index contributed by atoms with van der Waals surface area (Å²) in [5.74, 6) is 0.593. The molecule has 1 atom stereocenters. The zero-order valence-corrected chi connectivity index (χ0v) is 13.7. The summed E-state index contributed by atoms with van der Waals surface area (Å²) in [6, 6.07) is 5.21. The van der Waals surface area contributed by atoms with E-state index in [4.69, 9.17) is 0 Å². The highest BCUT2D eigenvalue weighted by molar-refractivity contribution is 5.85. The second-order valence-electron chi connectivity index (χ2n) is 6.38. The lowest BCUT2D eigenvalue weighted by molar-refractivity contribution is -0.124. The van der Waals surface area contributed by atoms with E-state index >= 15 is 0 Å². The maximum Gasteiger partial charge on any atom is 0.262 e. The van der Waals surface area contributed by atoms with Crippen molar-refractivity contribution in [1.29, 1.82) is 0 Å². The summed E-state index contributed by atoms with van der Waals surface area (Å²) in [6.07, 6.45) is 1.24. The first-order valence-corrected chi connectivity index (χ1v) is 7.90. The average molecular weight is 311 g/mol. The minimum atomic E-state index is -0.523. The van der Waals surface area contributed by atoms with Gasteiger partial charge in [0.15, 0.2) is 0 Å².